The molecule has 1 N–H and O–H groups in total. The van der Waals surface area contributed by atoms with Crippen molar-refractivity contribution in [3.63, 3.8) is 0 Å². The molecule has 1 fully saturated rings. The fraction of sp³-hybridized carbons (Fsp3) is 0.333. The molecule has 3 rings (SSSR count). The third-order valence-corrected chi connectivity index (χ3v) is 5.10. The Morgan fingerprint density at radius 1 is 1.11 bits per heavy atom. The number of thiocarbonyl (C=S) groups is 1. The molecule has 0 spiro atoms. The van der Waals surface area contributed by atoms with Crippen LogP contribution in [0.3, 0.4) is 0 Å². The van der Waals surface area contributed by atoms with E-state index in [2.05, 4.69) is 27.2 Å². The van der Waals surface area contributed by atoms with Crippen LogP contribution in [-0.2, 0) is 6.54 Å². The van der Waals surface area contributed by atoms with Gasteiger partial charge in [0, 0.05) is 44.0 Å². The second-order valence-corrected chi connectivity index (χ2v) is 7.07. The largest absolute Gasteiger partial charge is 0.497 e. The summed E-state index contributed by atoms with van der Waals surface area (Å²) in [6.07, 6.45) is 0. The van der Waals surface area contributed by atoms with Crippen LogP contribution in [-0.4, -0.2) is 54.0 Å². The number of ether oxygens (including phenoxy) is 1. The Morgan fingerprint density at radius 3 is 2.44 bits per heavy atom. The monoisotopic (exact) mass is 383 g/mol. The van der Waals surface area contributed by atoms with Crippen molar-refractivity contribution in [2.45, 2.75) is 13.5 Å². The van der Waals surface area contributed by atoms with E-state index in [0.717, 1.165) is 49.3 Å². The van der Waals surface area contributed by atoms with Crippen molar-refractivity contribution in [1.29, 1.82) is 0 Å². The van der Waals surface area contributed by atoms with Gasteiger partial charge in [-0.2, -0.15) is 0 Å². The van der Waals surface area contributed by atoms with E-state index in [-0.39, 0.29) is 5.78 Å². The summed E-state index contributed by atoms with van der Waals surface area (Å²) >= 11 is 5.55. The fourth-order valence-corrected chi connectivity index (χ4v) is 3.43. The highest BCUT2D eigenvalue weighted by atomic mass is 32.1. The number of anilines is 1. The van der Waals surface area contributed by atoms with E-state index in [4.69, 9.17) is 17.0 Å². The highest BCUT2D eigenvalue weighted by Gasteiger charge is 2.19. The Bertz CT molecular complexity index is 799. The van der Waals surface area contributed by atoms with Crippen molar-refractivity contribution < 1.29 is 9.53 Å². The predicted molar refractivity (Wildman–Crippen MR) is 113 cm³/mol. The minimum atomic E-state index is 0.0660. The van der Waals surface area contributed by atoms with E-state index in [0.29, 0.717) is 5.56 Å². The summed E-state index contributed by atoms with van der Waals surface area (Å²) in [6.45, 7) is 6.18. The van der Waals surface area contributed by atoms with Gasteiger partial charge in [-0.05, 0) is 61.1 Å². The molecule has 0 saturated carbocycles. The topological polar surface area (TPSA) is 44.8 Å². The Balaban J connectivity index is 1.49. The first-order valence-electron chi connectivity index (χ1n) is 9.07. The van der Waals surface area contributed by atoms with Gasteiger partial charge in [0.1, 0.15) is 5.75 Å². The number of carbonyl (C=O) groups is 1. The van der Waals surface area contributed by atoms with Crippen LogP contribution in [0, 0.1) is 0 Å². The highest BCUT2D eigenvalue weighted by molar-refractivity contribution is 7.80. The minimum absolute atomic E-state index is 0.0660. The predicted octanol–water partition coefficient (Wildman–Crippen LogP) is 3.41. The van der Waals surface area contributed by atoms with Crippen molar-refractivity contribution >= 4 is 28.8 Å². The Kier molecular flexibility index (Phi) is 6.42. The maximum Gasteiger partial charge on any atom is 0.173 e. The maximum absolute atomic E-state index is 11.4. The second-order valence-electron chi connectivity index (χ2n) is 6.68. The Hall–Kier alpha value is -2.44. The minimum Gasteiger partial charge on any atom is -0.497 e. The average molecular weight is 384 g/mol. The summed E-state index contributed by atoms with van der Waals surface area (Å²) in [4.78, 5) is 16.0. The third-order valence-electron chi connectivity index (χ3n) is 4.74. The number of hydrogen-bond acceptors (Lipinski definition) is 4. The van der Waals surface area contributed by atoms with Crippen LogP contribution in [0.4, 0.5) is 5.69 Å². The molecule has 6 heteroatoms. The number of Topliss-reactive ketones (excluding diaryl/α,β-unsaturated/α-hetero) is 1. The lowest BCUT2D eigenvalue weighted by molar-refractivity contribution is 0.101. The zero-order valence-electron chi connectivity index (χ0n) is 15.8. The molecule has 5 nitrogen and oxygen atoms in total. The molecule has 1 aliphatic rings. The van der Waals surface area contributed by atoms with Gasteiger partial charge < -0.3 is 15.0 Å². The van der Waals surface area contributed by atoms with Gasteiger partial charge in [0.15, 0.2) is 10.9 Å². The van der Waals surface area contributed by atoms with Crippen molar-refractivity contribution in [1.82, 2.24) is 9.80 Å². The van der Waals surface area contributed by atoms with Gasteiger partial charge in [0.05, 0.1) is 7.11 Å². The summed E-state index contributed by atoms with van der Waals surface area (Å²) in [5, 5.41) is 4.00. The summed E-state index contributed by atoms with van der Waals surface area (Å²) in [5.41, 5.74) is 2.87. The van der Waals surface area contributed by atoms with Crippen molar-refractivity contribution in [2.75, 3.05) is 38.6 Å². The number of ketones is 1. The van der Waals surface area contributed by atoms with E-state index in [1.807, 2.05) is 36.4 Å². The van der Waals surface area contributed by atoms with Crippen LogP contribution in [0.5, 0.6) is 5.75 Å². The molecular weight excluding hydrogens is 358 g/mol. The van der Waals surface area contributed by atoms with Crippen LogP contribution in [0.15, 0.2) is 48.5 Å². The molecule has 0 aromatic heterocycles. The van der Waals surface area contributed by atoms with E-state index in [1.54, 1.807) is 14.0 Å². The molecule has 27 heavy (non-hydrogen) atoms. The number of hydrogen-bond donors (Lipinski definition) is 1. The average Bonchev–Trinajstić information content (AvgIpc) is 2.69. The number of nitrogens with one attached hydrogen (secondary N) is 1. The Labute approximate surface area is 165 Å². The molecule has 0 aliphatic carbocycles. The van der Waals surface area contributed by atoms with E-state index < -0.39 is 0 Å². The SMILES string of the molecule is COc1cccc(CN2CCN(C(=S)Nc3ccc(C(C)=O)cc3)CC2)c1. The normalized spacial score (nSPS) is 14.7. The molecule has 142 valence electrons. The lowest BCUT2D eigenvalue weighted by atomic mass is 10.1. The molecule has 0 radical (unpaired) electrons. The lowest BCUT2D eigenvalue weighted by Crippen LogP contribution is -2.49. The highest BCUT2D eigenvalue weighted by Crippen LogP contribution is 2.16. The van der Waals surface area contributed by atoms with Crippen LogP contribution in [0.1, 0.15) is 22.8 Å². The van der Waals surface area contributed by atoms with Crippen molar-refractivity contribution in [2.24, 2.45) is 0 Å². The quantitative estimate of drug-likeness (QED) is 0.631. The van der Waals surface area contributed by atoms with Gasteiger partial charge in [-0.1, -0.05) is 12.1 Å². The zero-order valence-corrected chi connectivity index (χ0v) is 16.6. The summed E-state index contributed by atoms with van der Waals surface area (Å²) < 4.78 is 5.30. The third kappa shape index (κ3) is 5.28. The van der Waals surface area contributed by atoms with Gasteiger partial charge in [-0.15, -0.1) is 0 Å². The fourth-order valence-electron chi connectivity index (χ4n) is 3.13. The zero-order chi connectivity index (χ0) is 19.2. The van der Waals surface area contributed by atoms with E-state index >= 15 is 0 Å². The molecule has 2 aromatic carbocycles. The molecule has 0 unspecified atom stereocenters. The van der Waals surface area contributed by atoms with Gasteiger partial charge in [0.2, 0.25) is 0 Å². The van der Waals surface area contributed by atoms with Crippen LogP contribution in [0.2, 0.25) is 0 Å². The second kappa shape index (κ2) is 8.97. The maximum atomic E-state index is 11.4. The van der Waals surface area contributed by atoms with Gasteiger partial charge in [0.25, 0.3) is 0 Å². The van der Waals surface area contributed by atoms with Gasteiger partial charge in [-0.3, -0.25) is 9.69 Å². The Morgan fingerprint density at radius 2 is 1.81 bits per heavy atom. The van der Waals surface area contributed by atoms with Gasteiger partial charge >= 0.3 is 0 Å². The van der Waals surface area contributed by atoms with Crippen molar-refractivity contribution in [3.8, 4) is 5.75 Å². The molecule has 0 amide bonds. The first-order chi connectivity index (χ1) is 13.0. The summed E-state index contributed by atoms with van der Waals surface area (Å²) in [5.74, 6) is 0.962. The smallest absolute Gasteiger partial charge is 0.173 e. The molecule has 0 atom stereocenters. The number of benzene rings is 2. The number of carbonyl (C=O) groups excluding carboxylic acids is 1. The van der Waals surface area contributed by atoms with Gasteiger partial charge in [-0.25, -0.2) is 0 Å². The van der Waals surface area contributed by atoms with E-state index in [9.17, 15) is 4.79 Å². The van der Waals surface area contributed by atoms with Crippen LogP contribution >= 0.6 is 12.2 Å². The first kappa shape index (κ1) is 19.3. The summed E-state index contributed by atoms with van der Waals surface area (Å²) in [6, 6.07) is 15.6. The lowest BCUT2D eigenvalue weighted by Gasteiger charge is -2.36. The van der Waals surface area contributed by atoms with Crippen LogP contribution in [0.25, 0.3) is 0 Å². The molecule has 0 bridgehead atoms. The molecule has 2 aromatic rings. The molecule has 1 aliphatic heterocycles. The molecule has 1 heterocycles. The molecule has 1 saturated heterocycles. The number of methoxy groups -OCH3 is 1. The number of rotatable bonds is 5. The molecular formula is C21H25N3O2S. The van der Waals surface area contributed by atoms with E-state index in [1.165, 1.54) is 5.56 Å². The first-order valence-corrected chi connectivity index (χ1v) is 9.48. The number of nitrogens with zero attached hydrogens (tertiary/aromatic N) is 2. The van der Waals surface area contributed by atoms with Crippen molar-refractivity contribution in [3.05, 3.63) is 59.7 Å². The number of piperazine rings is 1. The standard InChI is InChI=1S/C21H25N3O2S/c1-16(25)18-6-8-19(9-7-18)22-21(27)24-12-10-23(11-13-24)15-17-4-3-5-20(14-17)26-2/h3-9,14H,10-13,15H2,1-2H3,(H,22,27). The van der Waals surface area contributed by atoms with Crippen LogP contribution < -0.4 is 10.1 Å². The summed E-state index contributed by atoms with van der Waals surface area (Å²) in [7, 11) is 1.69.